The van der Waals surface area contributed by atoms with Gasteiger partial charge in [-0.2, -0.15) is 0 Å². The lowest BCUT2D eigenvalue weighted by atomic mass is 28.0. The summed E-state index contributed by atoms with van der Waals surface area (Å²) in [6.07, 6.45) is 0. The smallest absolute Gasteiger partial charge is 0.148 e. The SMILES string of the molecule is Br[Si+](Br)Br. The van der Waals surface area contributed by atoms with Gasteiger partial charge in [0.1, 0.15) is 45.9 Å². The summed E-state index contributed by atoms with van der Waals surface area (Å²) in [7, 11) is 0. The van der Waals surface area contributed by atoms with Gasteiger partial charge in [0.15, 0.2) is 0 Å². The summed E-state index contributed by atoms with van der Waals surface area (Å²) < 4.78 is -0.442. The van der Waals surface area contributed by atoms with Gasteiger partial charge in [-0.1, -0.05) is 0 Å². The van der Waals surface area contributed by atoms with Crippen molar-refractivity contribution in [3.63, 3.8) is 0 Å². The molecule has 0 radical (unpaired) electrons. The van der Waals surface area contributed by atoms with Crippen molar-refractivity contribution < 1.29 is 0 Å². The van der Waals surface area contributed by atoms with Gasteiger partial charge < -0.3 is 0 Å². The van der Waals surface area contributed by atoms with Crippen LogP contribution in [0.4, 0.5) is 0 Å². The molecule has 0 bridgehead atoms. The van der Waals surface area contributed by atoms with Gasteiger partial charge in [0.25, 0.3) is 0 Å². The van der Waals surface area contributed by atoms with Crippen molar-refractivity contribution in [2.75, 3.05) is 0 Å². The van der Waals surface area contributed by atoms with Crippen molar-refractivity contribution in [2.45, 2.75) is 0 Å². The molecule has 4 heteroatoms. The van der Waals surface area contributed by atoms with Crippen LogP contribution in [0.15, 0.2) is 0 Å². The maximum absolute atomic E-state index is 3.21. The van der Waals surface area contributed by atoms with E-state index in [1.807, 2.05) is 0 Å². The monoisotopic (exact) mass is 265 g/mol. The van der Waals surface area contributed by atoms with E-state index < -0.39 is 4.65 Å². The van der Waals surface area contributed by atoms with Crippen LogP contribution < -0.4 is 0 Å². The van der Waals surface area contributed by atoms with Crippen molar-refractivity contribution >= 4 is 50.5 Å². The van der Waals surface area contributed by atoms with Crippen molar-refractivity contribution in [3.8, 4) is 0 Å². The highest BCUT2D eigenvalue weighted by atomic mass is 80.0. The fraction of sp³-hybridized carbons (Fsp3) is 0. The summed E-state index contributed by atoms with van der Waals surface area (Å²) >= 11 is 9.62. The molecule has 0 nitrogen and oxygen atoms in total. The predicted octanol–water partition coefficient (Wildman–Crippen LogP) is 2.16. The number of hydrogen-bond donors (Lipinski definition) is 0. The maximum Gasteiger partial charge on any atom is 0.556 e. The zero-order valence-electron chi connectivity index (χ0n) is 1.63. The average molecular weight is 268 g/mol. The summed E-state index contributed by atoms with van der Waals surface area (Å²) in [6, 6.07) is 0. The lowest BCUT2D eigenvalue weighted by Crippen LogP contribution is -1.60. The Bertz CT molecular complexity index is 8.00. The molecule has 0 fully saturated rings. The normalized spacial score (nSPS) is 6.75. The Balaban J connectivity index is 2.32. The molecule has 0 N–H and O–H groups in total. The highest BCUT2D eigenvalue weighted by Gasteiger charge is 2.10. The summed E-state index contributed by atoms with van der Waals surface area (Å²) in [6.45, 7) is 0. The largest absolute Gasteiger partial charge is 0.556 e. The van der Waals surface area contributed by atoms with E-state index in [2.05, 4.69) is 45.9 Å². The van der Waals surface area contributed by atoms with E-state index in [0.717, 1.165) is 0 Å². The van der Waals surface area contributed by atoms with E-state index >= 15 is 0 Å². The predicted molar refractivity (Wildman–Crippen MR) is 32.5 cm³/mol. The molecule has 0 atom stereocenters. The van der Waals surface area contributed by atoms with Gasteiger partial charge in [-0.05, 0) is 0 Å². The third-order valence-electron chi connectivity index (χ3n) is 0. The molecule has 0 aliphatic heterocycles. The fourth-order valence-corrected chi connectivity index (χ4v) is 0. The Hall–Kier alpha value is 1.66. The highest BCUT2D eigenvalue weighted by molar-refractivity contribution is 9.69. The minimum absolute atomic E-state index is 0.442. The molecule has 0 rings (SSSR count). The summed E-state index contributed by atoms with van der Waals surface area (Å²) in [5, 5.41) is 0. The Labute approximate surface area is 50.3 Å². The topological polar surface area (TPSA) is 0 Å². The molecule has 0 heterocycles. The highest BCUT2D eigenvalue weighted by Crippen LogP contribution is 2.07. The third-order valence-corrected chi connectivity index (χ3v) is 0. The van der Waals surface area contributed by atoms with Gasteiger partial charge in [0.2, 0.25) is 0 Å². The van der Waals surface area contributed by atoms with Crippen LogP contribution in [-0.2, 0) is 0 Å². The van der Waals surface area contributed by atoms with Gasteiger partial charge in [-0.25, -0.2) is 0 Å². The van der Waals surface area contributed by atoms with Gasteiger partial charge in [0, 0.05) is 0 Å². The van der Waals surface area contributed by atoms with E-state index in [0.29, 0.717) is 0 Å². The van der Waals surface area contributed by atoms with Crippen molar-refractivity contribution in [1.29, 1.82) is 0 Å². The molecule has 0 unspecified atom stereocenters. The minimum Gasteiger partial charge on any atom is 0.148 e. The van der Waals surface area contributed by atoms with Crippen LogP contribution >= 0.6 is 45.9 Å². The lowest BCUT2D eigenvalue weighted by Gasteiger charge is -1.39. The molecule has 0 aromatic heterocycles. The van der Waals surface area contributed by atoms with Crippen molar-refractivity contribution in [3.05, 3.63) is 0 Å². The quantitative estimate of drug-likeness (QED) is 0.466. The Morgan fingerprint density at radius 1 is 1.00 bits per heavy atom. The summed E-state index contributed by atoms with van der Waals surface area (Å²) in [5.41, 5.74) is 0. The third kappa shape index (κ3) is 9.40. The van der Waals surface area contributed by atoms with Gasteiger partial charge in [-0.15, -0.1) is 0 Å². The Morgan fingerprint density at radius 3 is 1.00 bits per heavy atom. The molecule has 0 aliphatic carbocycles. The van der Waals surface area contributed by atoms with Crippen LogP contribution in [0.3, 0.4) is 0 Å². The second-order valence-electron chi connectivity index (χ2n) is 0.214. The lowest BCUT2D eigenvalue weighted by molar-refractivity contribution is 4.99. The van der Waals surface area contributed by atoms with Gasteiger partial charge >= 0.3 is 4.65 Å². The molecule has 0 saturated heterocycles. The first kappa shape index (κ1) is 5.66. The van der Waals surface area contributed by atoms with E-state index in [-0.39, 0.29) is 0 Å². The Kier molecular flexibility index (Phi) is 4.06. The molecule has 0 spiro atoms. The number of halogens is 3. The summed E-state index contributed by atoms with van der Waals surface area (Å²) in [5.74, 6) is 0. The first-order chi connectivity index (χ1) is 1.73. The molecule has 0 aromatic carbocycles. The average Bonchev–Trinajstić information content (AvgIpc) is 0.811. The Morgan fingerprint density at radius 2 is 1.00 bits per heavy atom. The van der Waals surface area contributed by atoms with Crippen molar-refractivity contribution in [1.82, 2.24) is 0 Å². The molecule has 4 heavy (non-hydrogen) atoms. The summed E-state index contributed by atoms with van der Waals surface area (Å²) in [4.78, 5) is 0. The van der Waals surface area contributed by atoms with E-state index in [1.54, 1.807) is 0 Å². The first-order valence-electron chi connectivity index (χ1n) is 0.567. The van der Waals surface area contributed by atoms with Crippen LogP contribution in [0.2, 0.25) is 0 Å². The maximum atomic E-state index is 3.21. The van der Waals surface area contributed by atoms with E-state index in [9.17, 15) is 0 Å². The standard InChI is InChI=1S/Br3Si/c1-4(2)3/q+1. The second kappa shape index (κ2) is 2.87. The molecule has 0 aliphatic rings. The molecule has 24 valence electrons. The van der Waals surface area contributed by atoms with Crippen LogP contribution in [0.5, 0.6) is 0 Å². The first-order valence-corrected chi connectivity index (χ1v) is 8.84. The van der Waals surface area contributed by atoms with Crippen LogP contribution in [0.1, 0.15) is 0 Å². The fourth-order valence-electron chi connectivity index (χ4n) is 0. The van der Waals surface area contributed by atoms with Gasteiger partial charge in [0.05, 0.1) is 0 Å². The second-order valence-corrected chi connectivity index (χ2v) is 17.4. The minimum atomic E-state index is -0.442. The molecule has 0 aromatic rings. The van der Waals surface area contributed by atoms with Crippen LogP contribution in [-0.4, -0.2) is 4.65 Å². The molecular formula is Br3Si+. The zero-order valence-corrected chi connectivity index (χ0v) is 7.39. The molecular weight excluding hydrogens is 268 g/mol. The molecule has 0 amide bonds. The van der Waals surface area contributed by atoms with Gasteiger partial charge in [-0.3, -0.25) is 0 Å². The number of rotatable bonds is 0. The molecule has 0 saturated carbocycles. The van der Waals surface area contributed by atoms with E-state index in [1.165, 1.54) is 0 Å². The van der Waals surface area contributed by atoms with Crippen LogP contribution in [0, 0.1) is 0 Å². The van der Waals surface area contributed by atoms with Crippen molar-refractivity contribution in [2.24, 2.45) is 0 Å². The number of hydrogen-bond acceptors (Lipinski definition) is 0. The van der Waals surface area contributed by atoms with Crippen LogP contribution in [0.25, 0.3) is 0 Å². The zero-order chi connectivity index (χ0) is 3.58. The van der Waals surface area contributed by atoms with E-state index in [4.69, 9.17) is 0 Å².